The molecule has 0 N–H and O–H groups in total. The second kappa shape index (κ2) is 9.47. The molecule has 2 aliphatic rings. The lowest BCUT2D eigenvalue weighted by Gasteiger charge is -2.22. The Morgan fingerprint density at radius 2 is 1.56 bits per heavy atom. The van der Waals surface area contributed by atoms with Crippen LogP contribution in [0.4, 0.5) is 10.5 Å². The summed E-state index contributed by atoms with van der Waals surface area (Å²) in [6.45, 7) is 4.12. The molecule has 0 spiro atoms. The van der Waals surface area contributed by atoms with Crippen molar-refractivity contribution in [3.63, 3.8) is 0 Å². The van der Waals surface area contributed by atoms with Gasteiger partial charge in [0.15, 0.2) is 0 Å². The van der Waals surface area contributed by atoms with Crippen LogP contribution in [-0.4, -0.2) is 15.7 Å². The van der Waals surface area contributed by atoms with E-state index < -0.39 is 0 Å². The zero-order valence-corrected chi connectivity index (χ0v) is 21.0. The zero-order chi connectivity index (χ0) is 23.8. The molecule has 1 aromatic heterocycles. The standard InChI is InChI=1S/C28H27ClN2O2S/c1-18-16-22(17-26-27(32)31(28(33)34-26)25-14-10-23(29)11-15-25)19(2)30(18)24-12-8-21(9-13-24)20-6-4-3-5-7-20/h8-17,20H,3-7H2,1-2H3/b26-17-. The molecule has 2 aromatic carbocycles. The van der Waals surface area contributed by atoms with E-state index in [9.17, 15) is 9.59 Å². The summed E-state index contributed by atoms with van der Waals surface area (Å²) >= 11 is 6.92. The van der Waals surface area contributed by atoms with Gasteiger partial charge in [0.25, 0.3) is 11.1 Å². The van der Waals surface area contributed by atoms with Crippen LogP contribution in [0.25, 0.3) is 11.8 Å². The third-order valence-corrected chi connectivity index (χ3v) is 7.98. The van der Waals surface area contributed by atoms with Gasteiger partial charge in [-0.05, 0) is 104 Å². The Hall–Kier alpha value is -2.76. The number of hydrogen-bond donors (Lipinski definition) is 0. The van der Waals surface area contributed by atoms with Gasteiger partial charge in [-0.15, -0.1) is 0 Å². The summed E-state index contributed by atoms with van der Waals surface area (Å²) < 4.78 is 2.21. The van der Waals surface area contributed by atoms with Crippen molar-refractivity contribution in [2.75, 3.05) is 4.90 Å². The summed E-state index contributed by atoms with van der Waals surface area (Å²) in [5.41, 5.74) is 6.15. The van der Waals surface area contributed by atoms with E-state index in [1.807, 2.05) is 6.08 Å². The van der Waals surface area contributed by atoms with Gasteiger partial charge >= 0.3 is 0 Å². The smallest absolute Gasteiger partial charge is 0.298 e. The van der Waals surface area contributed by atoms with E-state index in [0.29, 0.717) is 21.5 Å². The largest absolute Gasteiger partial charge is 0.318 e. The molecule has 34 heavy (non-hydrogen) atoms. The van der Waals surface area contributed by atoms with Gasteiger partial charge in [0.1, 0.15) is 0 Å². The Morgan fingerprint density at radius 3 is 2.24 bits per heavy atom. The second-order valence-electron chi connectivity index (χ2n) is 9.08. The number of thioether (sulfide) groups is 1. The number of carbonyl (C=O) groups is 2. The second-order valence-corrected chi connectivity index (χ2v) is 10.5. The highest BCUT2D eigenvalue weighted by molar-refractivity contribution is 8.19. The van der Waals surface area contributed by atoms with Gasteiger partial charge in [0.05, 0.1) is 10.6 Å². The van der Waals surface area contributed by atoms with Crippen molar-refractivity contribution < 1.29 is 9.59 Å². The lowest BCUT2D eigenvalue weighted by molar-refractivity contribution is -0.113. The van der Waals surface area contributed by atoms with Gasteiger partial charge in [0, 0.05) is 22.1 Å². The first-order valence-corrected chi connectivity index (χ1v) is 12.9. The molecule has 6 heteroatoms. The number of carbonyl (C=O) groups excluding carboxylic acids is 2. The van der Waals surface area contributed by atoms with Crippen LogP contribution < -0.4 is 4.90 Å². The minimum absolute atomic E-state index is 0.300. The topological polar surface area (TPSA) is 42.3 Å². The summed E-state index contributed by atoms with van der Waals surface area (Å²) in [7, 11) is 0. The van der Waals surface area contributed by atoms with E-state index in [2.05, 4.69) is 48.7 Å². The molecule has 2 heterocycles. The maximum absolute atomic E-state index is 13.0. The molecule has 1 saturated carbocycles. The van der Waals surface area contributed by atoms with E-state index in [1.165, 1.54) is 42.6 Å². The first-order chi connectivity index (χ1) is 16.4. The molecule has 4 nitrogen and oxygen atoms in total. The lowest BCUT2D eigenvalue weighted by Crippen LogP contribution is -2.27. The highest BCUT2D eigenvalue weighted by Gasteiger charge is 2.36. The van der Waals surface area contributed by atoms with Crippen LogP contribution in [0.15, 0.2) is 59.5 Å². The quantitative estimate of drug-likeness (QED) is 0.347. The Kier molecular flexibility index (Phi) is 6.41. The normalized spacial score (nSPS) is 18.3. The van der Waals surface area contributed by atoms with Crippen LogP contribution in [0.3, 0.4) is 0 Å². The maximum Gasteiger partial charge on any atom is 0.298 e. The number of amides is 2. The van der Waals surface area contributed by atoms with Gasteiger partial charge in [0.2, 0.25) is 0 Å². The zero-order valence-electron chi connectivity index (χ0n) is 19.4. The Morgan fingerprint density at radius 1 is 0.912 bits per heavy atom. The van der Waals surface area contributed by atoms with Gasteiger partial charge in [-0.3, -0.25) is 9.59 Å². The van der Waals surface area contributed by atoms with Crippen LogP contribution in [0, 0.1) is 13.8 Å². The molecule has 174 valence electrons. The molecule has 1 aliphatic heterocycles. The highest BCUT2D eigenvalue weighted by atomic mass is 35.5. The van der Waals surface area contributed by atoms with Gasteiger partial charge in [-0.2, -0.15) is 0 Å². The number of aromatic nitrogens is 1. The summed E-state index contributed by atoms with van der Waals surface area (Å²) in [5, 5.41) is 0.260. The van der Waals surface area contributed by atoms with Crippen molar-refractivity contribution in [2.24, 2.45) is 0 Å². The van der Waals surface area contributed by atoms with Crippen molar-refractivity contribution in [1.82, 2.24) is 4.57 Å². The third kappa shape index (κ3) is 4.35. The van der Waals surface area contributed by atoms with E-state index in [-0.39, 0.29) is 11.1 Å². The predicted molar refractivity (Wildman–Crippen MR) is 141 cm³/mol. The fourth-order valence-corrected chi connectivity index (χ4v) is 6.04. The van der Waals surface area contributed by atoms with Crippen molar-refractivity contribution >= 4 is 46.3 Å². The summed E-state index contributed by atoms with van der Waals surface area (Å²) in [5.74, 6) is 0.375. The molecular formula is C28H27ClN2O2S. The molecule has 2 amide bonds. The van der Waals surface area contributed by atoms with Crippen molar-refractivity contribution in [3.05, 3.63) is 87.0 Å². The average molecular weight is 491 g/mol. The van der Waals surface area contributed by atoms with Crippen LogP contribution in [0.1, 0.15) is 60.5 Å². The van der Waals surface area contributed by atoms with E-state index in [1.54, 1.807) is 24.3 Å². The third-order valence-electron chi connectivity index (χ3n) is 6.86. The first-order valence-electron chi connectivity index (χ1n) is 11.7. The molecular weight excluding hydrogens is 464 g/mol. The number of nitrogens with zero attached hydrogens (tertiary/aromatic N) is 2. The SMILES string of the molecule is Cc1cc(/C=C2\SC(=O)N(c3ccc(Cl)cc3)C2=O)c(C)n1-c1ccc(C2CCCCC2)cc1. The fraction of sp³-hybridized carbons (Fsp3) is 0.286. The summed E-state index contributed by atoms with van der Waals surface area (Å²) in [4.78, 5) is 27.3. The number of benzene rings is 2. The number of halogens is 1. The van der Waals surface area contributed by atoms with E-state index in [0.717, 1.165) is 34.4 Å². The molecule has 2 fully saturated rings. The van der Waals surface area contributed by atoms with Gasteiger partial charge in [-0.25, -0.2) is 4.90 Å². The number of hydrogen-bond acceptors (Lipinski definition) is 3. The van der Waals surface area contributed by atoms with Gasteiger partial charge < -0.3 is 4.57 Å². The molecule has 0 unspecified atom stereocenters. The number of aryl methyl sites for hydroxylation is 1. The predicted octanol–water partition coefficient (Wildman–Crippen LogP) is 8.04. The van der Waals surface area contributed by atoms with Crippen LogP contribution >= 0.6 is 23.4 Å². The lowest BCUT2D eigenvalue weighted by atomic mass is 9.84. The number of anilines is 1. The van der Waals surface area contributed by atoms with Crippen LogP contribution in [-0.2, 0) is 4.79 Å². The maximum atomic E-state index is 13.0. The molecule has 5 rings (SSSR count). The first kappa shape index (κ1) is 23.0. The number of imide groups is 1. The Labute approximate surface area is 209 Å². The molecule has 3 aromatic rings. The Balaban J connectivity index is 1.41. The average Bonchev–Trinajstić information content (AvgIpc) is 3.28. The number of rotatable bonds is 4. The minimum atomic E-state index is -0.307. The molecule has 0 radical (unpaired) electrons. The van der Waals surface area contributed by atoms with E-state index in [4.69, 9.17) is 11.6 Å². The van der Waals surface area contributed by atoms with Gasteiger partial charge in [-0.1, -0.05) is 43.0 Å². The van der Waals surface area contributed by atoms with Crippen molar-refractivity contribution in [3.8, 4) is 5.69 Å². The molecule has 0 bridgehead atoms. The Bertz CT molecular complexity index is 1270. The fourth-order valence-electron chi connectivity index (χ4n) is 5.08. The molecule has 1 aliphatic carbocycles. The molecule has 1 saturated heterocycles. The summed E-state index contributed by atoms with van der Waals surface area (Å²) in [6.07, 6.45) is 8.42. The van der Waals surface area contributed by atoms with Crippen molar-refractivity contribution in [1.29, 1.82) is 0 Å². The highest BCUT2D eigenvalue weighted by Crippen LogP contribution is 2.37. The monoisotopic (exact) mass is 490 g/mol. The molecule has 0 atom stereocenters. The van der Waals surface area contributed by atoms with Crippen molar-refractivity contribution in [2.45, 2.75) is 51.9 Å². The van der Waals surface area contributed by atoms with E-state index >= 15 is 0 Å². The van der Waals surface area contributed by atoms with Crippen LogP contribution in [0.5, 0.6) is 0 Å². The van der Waals surface area contributed by atoms with Crippen LogP contribution in [0.2, 0.25) is 5.02 Å². The minimum Gasteiger partial charge on any atom is -0.318 e. The summed E-state index contributed by atoms with van der Waals surface area (Å²) in [6, 6.07) is 17.7.